The van der Waals surface area contributed by atoms with E-state index in [9.17, 15) is 4.79 Å². The molecule has 0 bridgehead atoms. The van der Waals surface area contributed by atoms with Crippen LogP contribution < -0.4 is 0 Å². The molecule has 0 spiro atoms. The van der Waals surface area contributed by atoms with Crippen LogP contribution in [0.15, 0.2) is 30.3 Å². The molecular weight excluding hydrogens is 214 g/mol. The van der Waals surface area contributed by atoms with Gasteiger partial charge in [0, 0.05) is 12.1 Å². The minimum Gasteiger partial charge on any atom is -0.271 e. The average molecular weight is 235 g/mol. The molecule has 3 heteroatoms. The first kappa shape index (κ1) is 13.7. The number of rotatable bonds is 7. The Bertz CT molecular complexity index is 324. The third kappa shape index (κ3) is 4.57. The van der Waals surface area contributed by atoms with E-state index in [1.165, 1.54) is 5.06 Å². The number of hydroxylamine groups is 2. The molecule has 0 aromatic heterocycles. The summed E-state index contributed by atoms with van der Waals surface area (Å²) in [6.45, 7) is 5.24. The molecule has 3 nitrogen and oxygen atoms in total. The second kappa shape index (κ2) is 7.85. The molecule has 0 aliphatic rings. The number of amides is 1. The topological polar surface area (TPSA) is 29.5 Å². The molecule has 1 aromatic rings. The predicted molar refractivity (Wildman–Crippen MR) is 68.6 cm³/mol. The lowest BCUT2D eigenvalue weighted by Crippen LogP contribution is -2.31. The Morgan fingerprint density at radius 2 is 1.88 bits per heavy atom. The van der Waals surface area contributed by atoms with Crippen LogP contribution in [0.25, 0.3) is 0 Å². The first-order valence-electron chi connectivity index (χ1n) is 6.29. The lowest BCUT2D eigenvalue weighted by Gasteiger charge is -2.20. The Morgan fingerprint density at radius 3 is 2.47 bits per heavy atom. The summed E-state index contributed by atoms with van der Waals surface area (Å²) >= 11 is 0. The van der Waals surface area contributed by atoms with Crippen LogP contribution in [0.1, 0.15) is 43.5 Å². The summed E-state index contributed by atoms with van der Waals surface area (Å²) in [5.41, 5.74) is 0.671. The molecule has 1 aromatic carbocycles. The Balaban J connectivity index is 2.47. The second-order valence-corrected chi connectivity index (χ2v) is 3.91. The molecule has 0 aliphatic carbocycles. The fourth-order valence-electron chi connectivity index (χ4n) is 1.55. The van der Waals surface area contributed by atoms with E-state index in [-0.39, 0.29) is 5.91 Å². The number of nitrogens with zero attached hydrogens (tertiary/aromatic N) is 1. The van der Waals surface area contributed by atoms with Crippen molar-refractivity contribution in [2.75, 3.05) is 13.2 Å². The van der Waals surface area contributed by atoms with Crippen molar-refractivity contribution in [2.45, 2.75) is 33.1 Å². The minimum atomic E-state index is -0.0652. The number of benzene rings is 1. The number of carbonyl (C=O) groups excluding carboxylic acids is 1. The van der Waals surface area contributed by atoms with E-state index >= 15 is 0 Å². The fourth-order valence-corrected chi connectivity index (χ4v) is 1.55. The van der Waals surface area contributed by atoms with E-state index in [1.807, 2.05) is 25.1 Å². The van der Waals surface area contributed by atoms with Gasteiger partial charge in [-0.15, -0.1) is 0 Å². The molecule has 17 heavy (non-hydrogen) atoms. The summed E-state index contributed by atoms with van der Waals surface area (Å²) in [7, 11) is 0. The highest BCUT2D eigenvalue weighted by molar-refractivity contribution is 5.93. The van der Waals surface area contributed by atoms with Gasteiger partial charge in [-0.3, -0.25) is 9.63 Å². The van der Waals surface area contributed by atoms with Crippen molar-refractivity contribution in [1.82, 2.24) is 5.06 Å². The zero-order valence-electron chi connectivity index (χ0n) is 10.7. The highest BCUT2D eigenvalue weighted by Gasteiger charge is 2.13. The van der Waals surface area contributed by atoms with Crippen LogP contribution in [0.4, 0.5) is 0 Å². The van der Waals surface area contributed by atoms with Gasteiger partial charge in [0.25, 0.3) is 5.91 Å². The Hall–Kier alpha value is -1.35. The fraction of sp³-hybridized carbons (Fsp3) is 0.500. The first-order valence-corrected chi connectivity index (χ1v) is 6.29. The largest absolute Gasteiger partial charge is 0.277 e. The highest BCUT2D eigenvalue weighted by Crippen LogP contribution is 2.06. The van der Waals surface area contributed by atoms with Crippen molar-refractivity contribution in [3.8, 4) is 0 Å². The Morgan fingerprint density at radius 1 is 1.18 bits per heavy atom. The predicted octanol–water partition coefficient (Wildman–Crippen LogP) is 3.27. The lowest BCUT2D eigenvalue weighted by atomic mass is 10.2. The maximum Gasteiger partial charge on any atom is 0.277 e. The number of unbranched alkanes of at least 4 members (excludes halogenated alkanes) is 2. The van der Waals surface area contributed by atoms with Crippen molar-refractivity contribution in [3.05, 3.63) is 35.9 Å². The summed E-state index contributed by atoms with van der Waals surface area (Å²) in [6, 6.07) is 9.23. The quantitative estimate of drug-likeness (QED) is 0.536. The molecule has 0 saturated heterocycles. The summed E-state index contributed by atoms with van der Waals surface area (Å²) < 4.78 is 0. The van der Waals surface area contributed by atoms with Gasteiger partial charge in [-0.25, -0.2) is 5.06 Å². The van der Waals surface area contributed by atoms with Crippen LogP contribution >= 0.6 is 0 Å². The lowest BCUT2D eigenvalue weighted by molar-refractivity contribution is -0.121. The molecule has 0 aliphatic heterocycles. The zero-order chi connectivity index (χ0) is 12.5. The average Bonchev–Trinajstić information content (AvgIpc) is 2.39. The minimum absolute atomic E-state index is 0.0652. The van der Waals surface area contributed by atoms with Gasteiger partial charge in [-0.1, -0.05) is 38.0 Å². The van der Waals surface area contributed by atoms with Gasteiger partial charge in [0.05, 0.1) is 6.61 Å². The van der Waals surface area contributed by atoms with Gasteiger partial charge in [0.2, 0.25) is 0 Å². The molecule has 1 rings (SSSR count). The van der Waals surface area contributed by atoms with Crippen molar-refractivity contribution < 1.29 is 9.63 Å². The summed E-state index contributed by atoms with van der Waals surface area (Å²) in [5.74, 6) is -0.0652. The molecule has 0 saturated carbocycles. The maximum atomic E-state index is 12.0. The van der Waals surface area contributed by atoms with E-state index in [0.29, 0.717) is 18.7 Å². The van der Waals surface area contributed by atoms with E-state index in [2.05, 4.69) is 6.92 Å². The molecular formula is C14H21NO2. The Labute approximate surface area is 103 Å². The van der Waals surface area contributed by atoms with Gasteiger partial charge < -0.3 is 0 Å². The van der Waals surface area contributed by atoms with Crippen molar-refractivity contribution in [2.24, 2.45) is 0 Å². The normalized spacial score (nSPS) is 10.2. The monoisotopic (exact) mass is 235 g/mol. The van der Waals surface area contributed by atoms with Crippen LogP contribution in [0, 0.1) is 0 Å². The van der Waals surface area contributed by atoms with Crippen molar-refractivity contribution in [1.29, 1.82) is 0 Å². The van der Waals surface area contributed by atoms with Gasteiger partial charge >= 0.3 is 0 Å². The molecule has 0 atom stereocenters. The SMILES string of the molecule is CCCCCON(CC)C(=O)c1ccccc1. The van der Waals surface area contributed by atoms with Crippen molar-refractivity contribution >= 4 is 5.91 Å². The molecule has 1 amide bonds. The summed E-state index contributed by atoms with van der Waals surface area (Å²) in [4.78, 5) is 17.5. The molecule has 0 N–H and O–H groups in total. The third-order valence-corrected chi connectivity index (χ3v) is 2.53. The van der Waals surface area contributed by atoms with Gasteiger partial charge in [-0.05, 0) is 25.5 Å². The molecule has 0 fully saturated rings. The number of carbonyl (C=O) groups is 1. The molecule has 0 radical (unpaired) electrons. The molecule has 94 valence electrons. The van der Waals surface area contributed by atoms with Gasteiger partial charge in [0.1, 0.15) is 0 Å². The first-order chi connectivity index (χ1) is 8.29. The second-order valence-electron chi connectivity index (χ2n) is 3.91. The zero-order valence-corrected chi connectivity index (χ0v) is 10.7. The van der Waals surface area contributed by atoms with E-state index in [1.54, 1.807) is 12.1 Å². The van der Waals surface area contributed by atoms with Crippen LogP contribution in [-0.2, 0) is 4.84 Å². The summed E-state index contributed by atoms with van der Waals surface area (Å²) in [6.07, 6.45) is 3.29. The molecule has 0 heterocycles. The molecule has 0 unspecified atom stereocenters. The third-order valence-electron chi connectivity index (χ3n) is 2.53. The Kier molecular flexibility index (Phi) is 6.33. The van der Waals surface area contributed by atoms with E-state index in [0.717, 1.165) is 19.3 Å². The van der Waals surface area contributed by atoms with Crippen LogP contribution in [0.5, 0.6) is 0 Å². The standard InChI is InChI=1S/C14H21NO2/c1-3-5-9-12-17-15(4-2)14(16)13-10-7-6-8-11-13/h6-8,10-11H,3-5,9,12H2,1-2H3. The van der Waals surface area contributed by atoms with E-state index in [4.69, 9.17) is 4.84 Å². The van der Waals surface area contributed by atoms with E-state index < -0.39 is 0 Å². The number of hydrogen-bond acceptors (Lipinski definition) is 2. The number of hydrogen-bond donors (Lipinski definition) is 0. The van der Waals surface area contributed by atoms with Crippen LogP contribution in [-0.4, -0.2) is 24.1 Å². The van der Waals surface area contributed by atoms with Crippen LogP contribution in [0.3, 0.4) is 0 Å². The highest BCUT2D eigenvalue weighted by atomic mass is 16.7. The maximum absolute atomic E-state index is 12.0. The van der Waals surface area contributed by atoms with Crippen molar-refractivity contribution in [3.63, 3.8) is 0 Å². The summed E-state index contributed by atoms with van der Waals surface area (Å²) in [5, 5.41) is 1.44. The van der Waals surface area contributed by atoms with Gasteiger partial charge in [-0.2, -0.15) is 0 Å². The van der Waals surface area contributed by atoms with Gasteiger partial charge in [0.15, 0.2) is 0 Å². The van der Waals surface area contributed by atoms with Crippen LogP contribution in [0.2, 0.25) is 0 Å². The smallest absolute Gasteiger partial charge is 0.271 e.